The van der Waals surface area contributed by atoms with E-state index in [-0.39, 0.29) is 17.9 Å². The number of hydroxylamine groups is 1. The molecule has 0 unspecified atom stereocenters. The number of amides is 1. The van der Waals surface area contributed by atoms with Crippen LogP contribution in [0.3, 0.4) is 0 Å². The minimum absolute atomic E-state index is 0.114. The maximum absolute atomic E-state index is 14.2. The highest BCUT2D eigenvalue weighted by atomic mass is 127. The molecular formula is C17H14F3IN2O3. The smallest absolute Gasteiger partial charge is 0.277 e. The Morgan fingerprint density at radius 3 is 2.58 bits per heavy atom. The van der Waals surface area contributed by atoms with Crippen LogP contribution in [0.2, 0.25) is 0 Å². The number of anilines is 2. The van der Waals surface area contributed by atoms with Crippen LogP contribution in [0, 0.1) is 21.0 Å². The normalized spacial score (nSPS) is 14.8. The quantitative estimate of drug-likeness (QED) is 0.438. The largest absolute Gasteiger partial charge is 0.387 e. The van der Waals surface area contributed by atoms with Crippen molar-refractivity contribution < 1.29 is 27.9 Å². The van der Waals surface area contributed by atoms with E-state index in [9.17, 15) is 23.1 Å². The van der Waals surface area contributed by atoms with Crippen LogP contribution in [-0.2, 0) is 4.84 Å². The predicted molar refractivity (Wildman–Crippen MR) is 96.4 cm³/mol. The molecule has 1 fully saturated rings. The zero-order chi connectivity index (χ0) is 18.9. The van der Waals surface area contributed by atoms with Crippen LogP contribution in [0.1, 0.15) is 23.2 Å². The zero-order valence-electron chi connectivity index (χ0n) is 13.3. The summed E-state index contributed by atoms with van der Waals surface area (Å²) in [5.74, 6) is -4.06. The number of halogens is 4. The molecule has 5 nitrogen and oxygen atoms in total. The minimum atomic E-state index is -1.32. The summed E-state index contributed by atoms with van der Waals surface area (Å²) in [6.07, 6.45) is 1.12. The number of rotatable bonds is 6. The number of aliphatic hydroxyl groups is 1. The van der Waals surface area contributed by atoms with Gasteiger partial charge in [-0.1, -0.05) is 0 Å². The van der Waals surface area contributed by atoms with E-state index in [1.807, 2.05) is 22.6 Å². The van der Waals surface area contributed by atoms with Gasteiger partial charge in [0.15, 0.2) is 11.6 Å². The van der Waals surface area contributed by atoms with Crippen molar-refractivity contribution in [3.05, 3.63) is 56.9 Å². The van der Waals surface area contributed by atoms with Crippen molar-refractivity contribution in [2.45, 2.75) is 18.4 Å². The molecule has 1 saturated carbocycles. The topological polar surface area (TPSA) is 70.6 Å². The molecule has 1 aliphatic carbocycles. The lowest BCUT2D eigenvalue weighted by Crippen LogP contribution is -2.29. The van der Waals surface area contributed by atoms with Crippen molar-refractivity contribution in [1.82, 2.24) is 5.48 Å². The van der Waals surface area contributed by atoms with Crippen molar-refractivity contribution in [3.63, 3.8) is 0 Å². The van der Waals surface area contributed by atoms with Gasteiger partial charge in [0.05, 0.1) is 22.5 Å². The minimum Gasteiger partial charge on any atom is -0.387 e. The van der Waals surface area contributed by atoms with Crippen LogP contribution in [0.4, 0.5) is 24.5 Å². The summed E-state index contributed by atoms with van der Waals surface area (Å²) in [6, 6.07) is 5.97. The summed E-state index contributed by atoms with van der Waals surface area (Å²) >= 11 is 1.91. The molecule has 138 valence electrons. The maximum atomic E-state index is 14.2. The fraction of sp³-hybridized carbons (Fsp3) is 0.235. The van der Waals surface area contributed by atoms with Crippen LogP contribution >= 0.6 is 22.6 Å². The first-order chi connectivity index (χ1) is 12.3. The Bertz CT molecular complexity index is 859. The molecule has 26 heavy (non-hydrogen) atoms. The predicted octanol–water partition coefficient (Wildman–Crippen LogP) is 3.64. The van der Waals surface area contributed by atoms with E-state index in [0.29, 0.717) is 16.4 Å². The first-order valence-electron chi connectivity index (χ1n) is 7.64. The number of carbonyl (C=O) groups excluding carboxylic acids is 1. The lowest BCUT2D eigenvalue weighted by atomic mass is 10.1. The molecular weight excluding hydrogens is 464 g/mol. The van der Waals surface area contributed by atoms with Gasteiger partial charge in [0, 0.05) is 3.57 Å². The first-order valence-corrected chi connectivity index (χ1v) is 8.71. The van der Waals surface area contributed by atoms with Crippen molar-refractivity contribution in [2.24, 2.45) is 0 Å². The van der Waals surface area contributed by atoms with Crippen molar-refractivity contribution in [1.29, 1.82) is 0 Å². The SMILES string of the molecule is O=C(NOCC1(O)CC1)c1ccc(F)c(F)c1Nc1ccc(I)cc1F. The highest BCUT2D eigenvalue weighted by Gasteiger charge is 2.41. The van der Waals surface area contributed by atoms with E-state index < -0.39 is 34.6 Å². The number of carbonyl (C=O) groups is 1. The average Bonchev–Trinajstić information content (AvgIpc) is 3.31. The monoisotopic (exact) mass is 478 g/mol. The van der Waals surface area contributed by atoms with Crippen LogP contribution in [-0.4, -0.2) is 23.2 Å². The average molecular weight is 478 g/mol. The number of hydrogen-bond acceptors (Lipinski definition) is 4. The van der Waals surface area contributed by atoms with Gasteiger partial charge in [-0.05, 0) is 65.8 Å². The molecule has 0 radical (unpaired) electrons. The summed E-state index contributed by atoms with van der Waals surface area (Å²) in [6.45, 7) is -0.114. The van der Waals surface area contributed by atoms with E-state index >= 15 is 0 Å². The molecule has 2 aromatic rings. The van der Waals surface area contributed by atoms with Gasteiger partial charge in [-0.25, -0.2) is 18.7 Å². The van der Waals surface area contributed by atoms with Crippen LogP contribution in [0.15, 0.2) is 30.3 Å². The third-order valence-corrected chi connectivity index (χ3v) is 4.53. The first kappa shape index (κ1) is 18.9. The molecule has 0 atom stereocenters. The zero-order valence-corrected chi connectivity index (χ0v) is 15.4. The van der Waals surface area contributed by atoms with Gasteiger partial charge in [0.1, 0.15) is 12.4 Å². The molecule has 3 N–H and O–H groups in total. The molecule has 2 aromatic carbocycles. The fourth-order valence-electron chi connectivity index (χ4n) is 2.17. The molecule has 0 bridgehead atoms. The van der Waals surface area contributed by atoms with Crippen molar-refractivity contribution >= 4 is 39.9 Å². The highest BCUT2D eigenvalue weighted by molar-refractivity contribution is 14.1. The van der Waals surface area contributed by atoms with Crippen LogP contribution < -0.4 is 10.8 Å². The Balaban J connectivity index is 1.83. The molecule has 0 aliphatic heterocycles. The molecule has 0 aromatic heterocycles. The van der Waals surface area contributed by atoms with Gasteiger partial charge in [-0.3, -0.25) is 9.63 Å². The van der Waals surface area contributed by atoms with Gasteiger partial charge in [0.25, 0.3) is 5.91 Å². The second-order valence-corrected chi connectivity index (χ2v) is 7.22. The van der Waals surface area contributed by atoms with E-state index in [2.05, 4.69) is 10.8 Å². The van der Waals surface area contributed by atoms with Gasteiger partial charge < -0.3 is 10.4 Å². The fourth-order valence-corrected chi connectivity index (χ4v) is 2.62. The number of hydrogen-bond donors (Lipinski definition) is 3. The van der Waals surface area contributed by atoms with E-state index in [1.54, 1.807) is 6.07 Å². The van der Waals surface area contributed by atoms with Crippen LogP contribution in [0.25, 0.3) is 0 Å². The summed E-state index contributed by atoms with van der Waals surface area (Å²) in [5, 5.41) is 12.1. The Morgan fingerprint density at radius 1 is 1.19 bits per heavy atom. The lowest BCUT2D eigenvalue weighted by Gasteiger charge is -2.15. The standard InChI is InChI=1S/C17H14F3IN2O3/c18-11-3-2-10(16(24)23-26-8-17(25)5-6-17)15(14(11)20)22-13-4-1-9(21)7-12(13)19/h1-4,7,22,25H,5-6,8H2,(H,23,24). The summed E-state index contributed by atoms with van der Waals surface area (Å²) in [5.41, 5.74) is 0.213. The van der Waals surface area contributed by atoms with Gasteiger partial charge in [0.2, 0.25) is 0 Å². The summed E-state index contributed by atoms with van der Waals surface area (Å²) in [4.78, 5) is 17.1. The maximum Gasteiger partial charge on any atom is 0.277 e. The molecule has 0 spiro atoms. The molecule has 1 amide bonds. The molecule has 3 rings (SSSR count). The molecule has 0 saturated heterocycles. The van der Waals surface area contributed by atoms with E-state index in [0.717, 1.165) is 12.1 Å². The second kappa shape index (κ2) is 7.41. The molecule has 9 heteroatoms. The van der Waals surface area contributed by atoms with Crippen LogP contribution in [0.5, 0.6) is 0 Å². The van der Waals surface area contributed by atoms with Gasteiger partial charge >= 0.3 is 0 Å². The molecule has 1 aliphatic rings. The number of nitrogens with one attached hydrogen (secondary N) is 2. The Kier molecular flexibility index (Phi) is 5.39. The third-order valence-electron chi connectivity index (χ3n) is 3.86. The van der Waals surface area contributed by atoms with E-state index in [1.165, 1.54) is 12.1 Å². The van der Waals surface area contributed by atoms with Gasteiger partial charge in [-0.2, -0.15) is 0 Å². The van der Waals surface area contributed by atoms with Crippen molar-refractivity contribution in [2.75, 3.05) is 11.9 Å². The Labute approximate surface area is 160 Å². The lowest BCUT2D eigenvalue weighted by molar-refractivity contribution is -0.0230. The molecule has 0 heterocycles. The highest BCUT2D eigenvalue weighted by Crippen LogP contribution is 2.34. The summed E-state index contributed by atoms with van der Waals surface area (Å²) < 4.78 is 42.4. The van der Waals surface area contributed by atoms with E-state index in [4.69, 9.17) is 4.84 Å². The Morgan fingerprint density at radius 2 is 1.92 bits per heavy atom. The third kappa shape index (κ3) is 4.27. The number of benzene rings is 2. The van der Waals surface area contributed by atoms with Crippen molar-refractivity contribution in [3.8, 4) is 0 Å². The Hall–Kier alpha value is -1.85. The second-order valence-electron chi connectivity index (χ2n) is 5.98. The van der Waals surface area contributed by atoms with Gasteiger partial charge in [-0.15, -0.1) is 0 Å². The summed E-state index contributed by atoms with van der Waals surface area (Å²) in [7, 11) is 0.